The van der Waals surface area contributed by atoms with Gasteiger partial charge in [-0.1, -0.05) is 6.92 Å². The number of nitrogens with one attached hydrogen (secondary N) is 1. The lowest BCUT2D eigenvalue weighted by Crippen LogP contribution is -2.03. The average Bonchev–Trinajstić information content (AvgIpc) is 2.37. The fourth-order valence-corrected chi connectivity index (χ4v) is 1.52. The number of rotatable bonds is 9. The lowest BCUT2D eigenvalue weighted by molar-refractivity contribution is -0.137. The zero-order valence-electron chi connectivity index (χ0n) is 10.8. The van der Waals surface area contributed by atoms with E-state index in [4.69, 9.17) is 9.84 Å². The van der Waals surface area contributed by atoms with Crippen molar-refractivity contribution < 1.29 is 14.6 Å². The third-order valence-corrected chi connectivity index (χ3v) is 2.47. The molecular formula is C14H21NO3. The Morgan fingerprint density at radius 2 is 2.00 bits per heavy atom. The van der Waals surface area contributed by atoms with Gasteiger partial charge in [-0.05, 0) is 43.5 Å². The van der Waals surface area contributed by atoms with Crippen LogP contribution in [0, 0.1) is 0 Å². The van der Waals surface area contributed by atoms with E-state index in [1.807, 2.05) is 24.3 Å². The molecule has 0 aromatic heterocycles. The van der Waals surface area contributed by atoms with Gasteiger partial charge in [0, 0.05) is 18.7 Å². The number of anilines is 1. The summed E-state index contributed by atoms with van der Waals surface area (Å²) in [6.07, 6.45) is 2.81. The van der Waals surface area contributed by atoms with Crippen molar-refractivity contribution in [1.29, 1.82) is 0 Å². The average molecular weight is 251 g/mol. The summed E-state index contributed by atoms with van der Waals surface area (Å²) in [5.74, 6) is 0.153. The van der Waals surface area contributed by atoms with E-state index in [0.717, 1.165) is 37.4 Å². The Balaban J connectivity index is 2.20. The summed E-state index contributed by atoms with van der Waals surface area (Å²) in [5, 5.41) is 11.8. The summed E-state index contributed by atoms with van der Waals surface area (Å²) in [5.41, 5.74) is 1.04. The number of unbranched alkanes of at least 4 members (excludes halogenated alkanes) is 1. The molecule has 4 nitrogen and oxygen atoms in total. The number of hydrogen-bond acceptors (Lipinski definition) is 3. The molecule has 0 fully saturated rings. The minimum atomic E-state index is -0.729. The van der Waals surface area contributed by atoms with E-state index in [-0.39, 0.29) is 6.42 Å². The van der Waals surface area contributed by atoms with E-state index in [2.05, 4.69) is 12.2 Å². The van der Waals surface area contributed by atoms with Gasteiger partial charge >= 0.3 is 5.97 Å². The van der Waals surface area contributed by atoms with Crippen LogP contribution in [0.2, 0.25) is 0 Å². The van der Waals surface area contributed by atoms with Gasteiger partial charge in [0.15, 0.2) is 0 Å². The molecule has 0 bridgehead atoms. The summed E-state index contributed by atoms with van der Waals surface area (Å²) in [4.78, 5) is 10.3. The van der Waals surface area contributed by atoms with Gasteiger partial charge in [-0.2, -0.15) is 0 Å². The van der Waals surface area contributed by atoms with Crippen molar-refractivity contribution in [1.82, 2.24) is 0 Å². The Morgan fingerprint density at radius 3 is 2.61 bits per heavy atom. The van der Waals surface area contributed by atoms with Crippen LogP contribution >= 0.6 is 0 Å². The molecule has 1 aromatic rings. The zero-order valence-corrected chi connectivity index (χ0v) is 10.8. The first-order valence-corrected chi connectivity index (χ1v) is 6.41. The number of carboxylic acids is 1. The largest absolute Gasteiger partial charge is 0.494 e. The van der Waals surface area contributed by atoms with Crippen molar-refractivity contribution in [2.45, 2.75) is 32.6 Å². The van der Waals surface area contributed by atoms with Crippen LogP contribution in [0.5, 0.6) is 5.75 Å². The van der Waals surface area contributed by atoms with E-state index < -0.39 is 5.97 Å². The van der Waals surface area contributed by atoms with Gasteiger partial charge < -0.3 is 15.2 Å². The molecule has 4 heteroatoms. The van der Waals surface area contributed by atoms with Crippen LogP contribution in [0.25, 0.3) is 0 Å². The van der Waals surface area contributed by atoms with Gasteiger partial charge in [-0.3, -0.25) is 4.79 Å². The minimum absolute atomic E-state index is 0.242. The maximum Gasteiger partial charge on any atom is 0.303 e. The molecule has 18 heavy (non-hydrogen) atoms. The second-order valence-electron chi connectivity index (χ2n) is 4.15. The fraction of sp³-hybridized carbons (Fsp3) is 0.500. The third-order valence-electron chi connectivity index (χ3n) is 2.47. The lowest BCUT2D eigenvalue weighted by Gasteiger charge is -2.08. The highest BCUT2D eigenvalue weighted by atomic mass is 16.5. The van der Waals surface area contributed by atoms with E-state index in [0.29, 0.717) is 6.42 Å². The number of carboxylic acid groups (broad SMARTS) is 1. The molecule has 0 heterocycles. The molecule has 0 aliphatic heterocycles. The molecule has 0 radical (unpaired) electrons. The third kappa shape index (κ3) is 6.13. The van der Waals surface area contributed by atoms with Crippen molar-refractivity contribution in [3.63, 3.8) is 0 Å². The highest BCUT2D eigenvalue weighted by Crippen LogP contribution is 2.15. The van der Waals surface area contributed by atoms with Gasteiger partial charge in [-0.25, -0.2) is 0 Å². The molecular weight excluding hydrogens is 230 g/mol. The van der Waals surface area contributed by atoms with Gasteiger partial charge in [0.1, 0.15) is 5.75 Å². The standard InChI is InChI=1S/C14H21NO3/c1-2-11-18-13-8-6-12(7-9-13)15-10-4-3-5-14(16)17/h6-9,15H,2-5,10-11H2,1H3,(H,16,17). The molecule has 0 amide bonds. The first kappa shape index (κ1) is 14.4. The van der Waals surface area contributed by atoms with Crippen molar-refractivity contribution in [3.05, 3.63) is 24.3 Å². The van der Waals surface area contributed by atoms with Crippen LogP contribution in [-0.2, 0) is 4.79 Å². The Morgan fingerprint density at radius 1 is 1.28 bits per heavy atom. The van der Waals surface area contributed by atoms with E-state index >= 15 is 0 Å². The monoisotopic (exact) mass is 251 g/mol. The Labute approximate surface area is 108 Å². The van der Waals surface area contributed by atoms with Crippen LogP contribution in [0.4, 0.5) is 5.69 Å². The lowest BCUT2D eigenvalue weighted by atomic mass is 10.2. The van der Waals surface area contributed by atoms with Crippen LogP contribution in [0.1, 0.15) is 32.6 Å². The fourth-order valence-electron chi connectivity index (χ4n) is 1.52. The molecule has 0 atom stereocenters. The van der Waals surface area contributed by atoms with Crippen LogP contribution in [0.3, 0.4) is 0 Å². The first-order valence-electron chi connectivity index (χ1n) is 6.41. The normalized spacial score (nSPS) is 10.1. The molecule has 0 unspecified atom stereocenters. The summed E-state index contributed by atoms with van der Waals surface area (Å²) < 4.78 is 5.49. The van der Waals surface area contributed by atoms with Gasteiger partial charge in [0.2, 0.25) is 0 Å². The van der Waals surface area contributed by atoms with Crippen molar-refractivity contribution in [2.75, 3.05) is 18.5 Å². The second-order valence-corrected chi connectivity index (χ2v) is 4.15. The quantitative estimate of drug-likeness (QED) is 0.662. The van der Waals surface area contributed by atoms with E-state index in [9.17, 15) is 4.79 Å². The Hall–Kier alpha value is -1.71. The van der Waals surface area contributed by atoms with Crippen LogP contribution < -0.4 is 10.1 Å². The van der Waals surface area contributed by atoms with Crippen molar-refractivity contribution >= 4 is 11.7 Å². The predicted octanol–water partition coefficient (Wildman–Crippen LogP) is 3.14. The molecule has 1 rings (SSSR count). The van der Waals surface area contributed by atoms with Gasteiger partial charge in [-0.15, -0.1) is 0 Å². The molecule has 0 aliphatic rings. The molecule has 0 saturated carbocycles. The number of ether oxygens (including phenoxy) is 1. The molecule has 100 valence electrons. The first-order chi connectivity index (χ1) is 8.72. The summed E-state index contributed by atoms with van der Waals surface area (Å²) in [6.45, 7) is 3.61. The molecule has 0 saturated heterocycles. The minimum Gasteiger partial charge on any atom is -0.494 e. The summed E-state index contributed by atoms with van der Waals surface area (Å²) >= 11 is 0. The Kier molecular flexibility index (Phi) is 6.69. The number of aliphatic carboxylic acids is 1. The zero-order chi connectivity index (χ0) is 13.2. The summed E-state index contributed by atoms with van der Waals surface area (Å²) in [7, 11) is 0. The predicted molar refractivity (Wildman–Crippen MR) is 72.2 cm³/mol. The number of benzene rings is 1. The van der Waals surface area contributed by atoms with E-state index in [1.54, 1.807) is 0 Å². The molecule has 0 aliphatic carbocycles. The molecule has 0 spiro atoms. The molecule has 1 aromatic carbocycles. The van der Waals surface area contributed by atoms with Crippen molar-refractivity contribution in [2.24, 2.45) is 0 Å². The topological polar surface area (TPSA) is 58.6 Å². The molecule has 2 N–H and O–H groups in total. The summed E-state index contributed by atoms with van der Waals surface area (Å²) in [6, 6.07) is 7.83. The number of carbonyl (C=O) groups is 1. The van der Waals surface area contributed by atoms with Crippen molar-refractivity contribution in [3.8, 4) is 5.75 Å². The maximum absolute atomic E-state index is 10.3. The maximum atomic E-state index is 10.3. The van der Waals surface area contributed by atoms with Gasteiger partial charge in [0.25, 0.3) is 0 Å². The second kappa shape index (κ2) is 8.39. The van der Waals surface area contributed by atoms with Crippen LogP contribution in [0.15, 0.2) is 24.3 Å². The SMILES string of the molecule is CCCOc1ccc(NCCCCC(=O)O)cc1. The smallest absolute Gasteiger partial charge is 0.303 e. The highest BCUT2D eigenvalue weighted by Gasteiger charge is 1.97. The van der Waals surface area contributed by atoms with Gasteiger partial charge in [0.05, 0.1) is 6.61 Å². The highest BCUT2D eigenvalue weighted by molar-refractivity contribution is 5.66. The Bertz CT molecular complexity index is 349. The van der Waals surface area contributed by atoms with E-state index in [1.165, 1.54) is 0 Å². The number of hydrogen-bond donors (Lipinski definition) is 2. The van der Waals surface area contributed by atoms with Crippen LogP contribution in [-0.4, -0.2) is 24.2 Å².